The fraction of sp³-hybridized carbons (Fsp3) is 0.278. The van der Waals surface area contributed by atoms with Crippen molar-refractivity contribution in [2.24, 2.45) is 4.99 Å². The zero-order chi connectivity index (χ0) is 16.8. The Morgan fingerprint density at radius 1 is 1.26 bits per heavy atom. The van der Waals surface area contributed by atoms with Crippen molar-refractivity contribution >= 4 is 17.8 Å². The third kappa shape index (κ3) is 4.47. The third-order valence-electron chi connectivity index (χ3n) is 3.73. The van der Waals surface area contributed by atoms with Gasteiger partial charge in [0.25, 0.3) is 0 Å². The van der Waals surface area contributed by atoms with E-state index in [2.05, 4.69) is 19.1 Å². The second-order valence-corrected chi connectivity index (χ2v) is 5.98. The summed E-state index contributed by atoms with van der Waals surface area (Å²) in [7, 11) is 5.75. The average Bonchev–Trinajstić information content (AvgIpc) is 2.54. The standard InChI is InChI=1S/C18H21ClN2O2/c1-21(2)17(15-6-4-5-7-16(15)19)12-20-11-13-10-14(23-3)8-9-18(13)22/h4-11,17,22H,12H2,1-3H3/p+1/t17-/m0/s1. The largest absolute Gasteiger partial charge is 0.507 e. The van der Waals surface area contributed by atoms with E-state index in [-0.39, 0.29) is 11.8 Å². The lowest BCUT2D eigenvalue weighted by molar-refractivity contribution is -0.890. The van der Waals surface area contributed by atoms with Crippen LogP contribution in [-0.4, -0.2) is 39.1 Å². The number of halogens is 1. The summed E-state index contributed by atoms with van der Waals surface area (Å²) in [6.07, 6.45) is 1.67. The number of rotatable bonds is 6. The van der Waals surface area contributed by atoms with Gasteiger partial charge in [0, 0.05) is 22.4 Å². The number of aromatic hydroxyl groups is 1. The minimum absolute atomic E-state index is 0.146. The molecular formula is C18H22ClN2O2+. The molecule has 2 aromatic rings. The van der Waals surface area contributed by atoms with Gasteiger partial charge in [-0.2, -0.15) is 0 Å². The van der Waals surface area contributed by atoms with Gasteiger partial charge in [0.1, 0.15) is 17.5 Å². The molecule has 4 nitrogen and oxygen atoms in total. The van der Waals surface area contributed by atoms with Gasteiger partial charge in [-0.3, -0.25) is 4.99 Å². The van der Waals surface area contributed by atoms with Crippen molar-refractivity contribution < 1.29 is 14.7 Å². The lowest BCUT2D eigenvalue weighted by Crippen LogP contribution is -3.06. The van der Waals surface area contributed by atoms with Crippen molar-refractivity contribution in [3.05, 3.63) is 58.6 Å². The highest BCUT2D eigenvalue weighted by Crippen LogP contribution is 2.23. The number of aliphatic imine (C=N–C) groups is 1. The molecule has 0 aromatic heterocycles. The molecule has 0 heterocycles. The summed E-state index contributed by atoms with van der Waals surface area (Å²) in [6, 6.07) is 13.0. The summed E-state index contributed by atoms with van der Waals surface area (Å²) in [5.41, 5.74) is 1.71. The van der Waals surface area contributed by atoms with Gasteiger partial charge < -0.3 is 14.7 Å². The Morgan fingerprint density at radius 3 is 2.65 bits per heavy atom. The molecule has 122 valence electrons. The van der Waals surface area contributed by atoms with Crippen molar-refractivity contribution in [1.29, 1.82) is 0 Å². The molecule has 2 rings (SSSR count). The molecule has 2 aromatic carbocycles. The van der Waals surface area contributed by atoms with Gasteiger partial charge >= 0.3 is 0 Å². The second kappa shape index (κ2) is 7.99. The molecule has 0 saturated carbocycles. The summed E-state index contributed by atoms with van der Waals surface area (Å²) in [5.74, 6) is 0.867. The van der Waals surface area contributed by atoms with Crippen LogP contribution in [0.1, 0.15) is 17.2 Å². The minimum atomic E-state index is 0.146. The molecular weight excluding hydrogens is 312 g/mol. The number of nitrogens with zero attached hydrogens (tertiary/aromatic N) is 1. The third-order valence-corrected chi connectivity index (χ3v) is 4.07. The smallest absolute Gasteiger partial charge is 0.134 e. The molecule has 0 aliphatic heterocycles. The Hall–Kier alpha value is -2.04. The highest BCUT2D eigenvalue weighted by molar-refractivity contribution is 6.31. The molecule has 0 amide bonds. The number of methoxy groups -OCH3 is 1. The van der Waals surface area contributed by atoms with Gasteiger partial charge in [-0.25, -0.2) is 0 Å². The number of ether oxygens (including phenoxy) is 1. The zero-order valence-corrected chi connectivity index (χ0v) is 14.3. The molecule has 0 spiro atoms. The highest BCUT2D eigenvalue weighted by atomic mass is 35.5. The number of likely N-dealkylation sites (N-methyl/N-ethyl adjacent to an activating group) is 1. The quantitative estimate of drug-likeness (QED) is 0.797. The zero-order valence-electron chi connectivity index (χ0n) is 13.6. The average molecular weight is 334 g/mol. The van der Waals surface area contributed by atoms with E-state index < -0.39 is 0 Å². The van der Waals surface area contributed by atoms with Gasteiger partial charge in [-0.05, 0) is 24.3 Å². The Morgan fingerprint density at radius 2 is 2.00 bits per heavy atom. The summed E-state index contributed by atoms with van der Waals surface area (Å²) < 4.78 is 5.17. The summed E-state index contributed by atoms with van der Waals surface area (Å²) in [6.45, 7) is 0.572. The van der Waals surface area contributed by atoms with Crippen LogP contribution in [0.25, 0.3) is 0 Å². The van der Waals surface area contributed by atoms with Crippen LogP contribution < -0.4 is 9.64 Å². The molecule has 5 heteroatoms. The molecule has 0 bridgehead atoms. The predicted octanol–water partition coefficient (Wildman–Crippen LogP) is 2.36. The monoisotopic (exact) mass is 333 g/mol. The first kappa shape index (κ1) is 17.3. The molecule has 0 fully saturated rings. The van der Waals surface area contributed by atoms with E-state index in [0.717, 1.165) is 10.6 Å². The molecule has 23 heavy (non-hydrogen) atoms. The van der Waals surface area contributed by atoms with E-state index in [9.17, 15) is 5.11 Å². The van der Waals surface area contributed by atoms with Gasteiger partial charge in [0.15, 0.2) is 0 Å². The molecule has 0 aliphatic rings. The molecule has 0 unspecified atom stereocenters. The van der Waals surface area contributed by atoms with Crippen LogP contribution in [0.4, 0.5) is 0 Å². The van der Waals surface area contributed by atoms with Crippen LogP contribution in [0.3, 0.4) is 0 Å². The number of phenols is 1. The van der Waals surface area contributed by atoms with E-state index in [0.29, 0.717) is 17.9 Å². The van der Waals surface area contributed by atoms with E-state index in [4.69, 9.17) is 16.3 Å². The maximum atomic E-state index is 9.89. The van der Waals surface area contributed by atoms with Gasteiger partial charge in [0.05, 0.1) is 27.7 Å². The first-order valence-corrected chi connectivity index (χ1v) is 7.82. The summed E-state index contributed by atoms with van der Waals surface area (Å²) >= 11 is 6.30. The second-order valence-electron chi connectivity index (χ2n) is 5.57. The van der Waals surface area contributed by atoms with E-state index in [1.807, 2.05) is 24.3 Å². The van der Waals surface area contributed by atoms with Crippen molar-refractivity contribution in [2.45, 2.75) is 6.04 Å². The van der Waals surface area contributed by atoms with Crippen LogP contribution in [0, 0.1) is 0 Å². The fourth-order valence-electron chi connectivity index (χ4n) is 2.37. The lowest BCUT2D eigenvalue weighted by Gasteiger charge is -2.21. The molecule has 0 saturated heterocycles. The first-order valence-electron chi connectivity index (χ1n) is 7.44. The Balaban J connectivity index is 2.18. The van der Waals surface area contributed by atoms with Crippen molar-refractivity contribution in [2.75, 3.05) is 27.7 Å². The number of nitrogens with one attached hydrogen (secondary N) is 1. The Bertz CT molecular complexity index is 686. The number of quaternary nitrogens is 1. The van der Waals surface area contributed by atoms with E-state index in [1.165, 1.54) is 4.90 Å². The summed E-state index contributed by atoms with van der Waals surface area (Å²) in [4.78, 5) is 5.74. The maximum Gasteiger partial charge on any atom is 0.134 e. The topological polar surface area (TPSA) is 46.3 Å². The van der Waals surface area contributed by atoms with E-state index in [1.54, 1.807) is 31.5 Å². The van der Waals surface area contributed by atoms with Crippen LogP contribution >= 0.6 is 11.6 Å². The number of hydrogen-bond acceptors (Lipinski definition) is 3. The Kier molecular flexibility index (Phi) is 6.02. The molecule has 1 atom stereocenters. The fourth-order valence-corrected chi connectivity index (χ4v) is 2.64. The number of hydrogen-bond donors (Lipinski definition) is 2. The van der Waals surface area contributed by atoms with Gasteiger partial charge in [-0.15, -0.1) is 0 Å². The normalized spacial score (nSPS) is 12.7. The number of benzene rings is 2. The molecule has 0 radical (unpaired) electrons. The van der Waals surface area contributed by atoms with Crippen molar-refractivity contribution in [1.82, 2.24) is 0 Å². The van der Waals surface area contributed by atoms with Gasteiger partial charge in [0.2, 0.25) is 0 Å². The van der Waals surface area contributed by atoms with Crippen LogP contribution in [0.15, 0.2) is 47.5 Å². The number of phenolic OH excluding ortho intramolecular Hbond substituents is 1. The Labute approximate surface area is 142 Å². The first-order chi connectivity index (χ1) is 11.0. The maximum absolute atomic E-state index is 9.89. The van der Waals surface area contributed by atoms with Crippen molar-refractivity contribution in [3.63, 3.8) is 0 Å². The lowest BCUT2D eigenvalue weighted by atomic mass is 10.1. The van der Waals surface area contributed by atoms with Crippen LogP contribution in [0.2, 0.25) is 5.02 Å². The highest BCUT2D eigenvalue weighted by Gasteiger charge is 2.19. The summed E-state index contributed by atoms with van der Waals surface area (Å²) in [5, 5.41) is 10.6. The minimum Gasteiger partial charge on any atom is -0.507 e. The van der Waals surface area contributed by atoms with Crippen LogP contribution in [0.5, 0.6) is 11.5 Å². The van der Waals surface area contributed by atoms with E-state index >= 15 is 0 Å². The van der Waals surface area contributed by atoms with Crippen LogP contribution in [-0.2, 0) is 0 Å². The predicted molar refractivity (Wildman–Crippen MR) is 94.1 cm³/mol. The molecule has 0 aliphatic carbocycles. The SMILES string of the molecule is COc1ccc(O)c(C=NC[C@@H](c2ccccc2Cl)[NH+](C)C)c1. The van der Waals surface area contributed by atoms with Crippen molar-refractivity contribution in [3.8, 4) is 11.5 Å². The molecule has 2 N–H and O–H groups in total. The van der Waals surface area contributed by atoms with Gasteiger partial charge in [-0.1, -0.05) is 29.8 Å².